The van der Waals surface area contributed by atoms with Gasteiger partial charge in [-0.15, -0.1) is 0 Å². The quantitative estimate of drug-likeness (QED) is 0.524. The van der Waals surface area contributed by atoms with Gasteiger partial charge in [-0.2, -0.15) is 0 Å². The summed E-state index contributed by atoms with van der Waals surface area (Å²) >= 11 is 0. The predicted molar refractivity (Wildman–Crippen MR) is 38.4 cm³/mol. The van der Waals surface area contributed by atoms with E-state index in [2.05, 4.69) is 0 Å². The fourth-order valence-electron chi connectivity index (χ4n) is 0.467. The van der Waals surface area contributed by atoms with Crippen molar-refractivity contribution in [1.29, 1.82) is 0 Å². The van der Waals surface area contributed by atoms with E-state index in [0.717, 1.165) is 0 Å². The number of hydrogen-bond acceptors (Lipinski definition) is 3. The minimum atomic E-state index is -0.699. The lowest BCUT2D eigenvalue weighted by Crippen LogP contribution is -2.30. The van der Waals surface area contributed by atoms with Crippen LogP contribution in [0.4, 0.5) is 0 Å². The molecule has 4 nitrogen and oxygen atoms in total. The smallest absolute Gasteiger partial charge is 0.224 e. The second-order valence-electron chi connectivity index (χ2n) is 2.38. The summed E-state index contributed by atoms with van der Waals surface area (Å²) in [4.78, 5) is 12.3. The molecule has 60 valence electrons. The predicted octanol–water partition coefficient (Wildman–Crippen LogP) is -1.22. The van der Waals surface area contributed by atoms with E-state index in [9.17, 15) is 4.79 Å². The summed E-state index contributed by atoms with van der Waals surface area (Å²) < 4.78 is 0. The Morgan fingerprint density at radius 1 is 1.70 bits per heavy atom. The molecule has 4 heteroatoms. The normalized spacial score (nSPS) is 12.8. The number of hydrogen-bond donors (Lipinski definition) is 2. The van der Waals surface area contributed by atoms with Gasteiger partial charge < -0.3 is 15.7 Å². The summed E-state index contributed by atoms with van der Waals surface area (Å²) in [6.45, 7) is 0.138. The van der Waals surface area contributed by atoms with E-state index >= 15 is 0 Å². The van der Waals surface area contributed by atoms with Crippen LogP contribution in [0.2, 0.25) is 0 Å². The molecule has 0 bridgehead atoms. The zero-order valence-electron chi connectivity index (χ0n) is 6.37. The number of amides is 1. The van der Waals surface area contributed by atoms with Gasteiger partial charge in [-0.3, -0.25) is 4.79 Å². The van der Waals surface area contributed by atoms with Gasteiger partial charge in [0.15, 0.2) is 0 Å². The van der Waals surface area contributed by atoms with E-state index in [1.807, 2.05) is 0 Å². The third kappa shape index (κ3) is 3.42. The van der Waals surface area contributed by atoms with Gasteiger partial charge in [0.2, 0.25) is 5.91 Å². The van der Waals surface area contributed by atoms with Crippen LogP contribution < -0.4 is 5.73 Å². The first kappa shape index (κ1) is 9.39. The van der Waals surface area contributed by atoms with Crippen molar-refractivity contribution in [2.75, 3.05) is 20.6 Å². The molecule has 0 saturated carbocycles. The van der Waals surface area contributed by atoms with E-state index in [4.69, 9.17) is 10.8 Å². The van der Waals surface area contributed by atoms with Gasteiger partial charge in [-0.05, 0) is 0 Å². The topological polar surface area (TPSA) is 66.6 Å². The van der Waals surface area contributed by atoms with Crippen LogP contribution in [0.25, 0.3) is 0 Å². The molecule has 0 fully saturated rings. The number of aliphatic hydroxyl groups excluding tert-OH is 1. The van der Waals surface area contributed by atoms with Gasteiger partial charge in [0.25, 0.3) is 0 Å². The lowest BCUT2D eigenvalue weighted by atomic mass is 10.2. The Kier molecular flexibility index (Phi) is 3.99. The fourth-order valence-corrected chi connectivity index (χ4v) is 0.467. The van der Waals surface area contributed by atoms with Gasteiger partial charge in [-0.1, -0.05) is 0 Å². The van der Waals surface area contributed by atoms with E-state index in [-0.39, 0.29) is 18.9 Å². The van der Waals surface area contributed by atoms with Crippen LogP contribution in [0, 0.1) is 0 Å². The van der Waals surface area contributed by atoms with Gasteiger partial charge in [0, 0.05) is 20.6 Å². The first-order valence-corrected chi connectivity index (χ1v) is 3.16. The highest BCUT2D eigenvalue weighted by Crippen LogP contribution is 1.92. The number of nitrogens with zero attached hydrogens (tertiary/aromatic N) is 1. The molecule has 3 N–H and O–H groups in total. The number of aliphatic hydroxyl groups is 1. The van der Waals surface area contributed by atoms with Crippen molar-refractivity contribution in [3.63, 3.8) is 0 Å². The second kappa shape index (κ2) is 4.24. The van der Waals surface area contributed by atoms with Crippen molar-refractivity contribution >= 4 is 5.91 Å². The van der Waals surface area contributed by atoms with Crippen LogP contribution >= 0.6 is 0 Å². The summed E-state index contributed by atoms with van der Waals surface area (Å²) in [5.74, 6) is -0.0991. The van der Waals surface area contributed by atoms with Crippen LogP contribution in [-0.2, 0) is 4.79 Å². The molecular weight excluding hydrogens is 132 g/mol. The molecule has 0 spiro atoms. The minimum absolute atomic E-state index is 0.0991. The van der Waals surface area contributed by atoms with Crippen molar-refractivity contribution in [1.82, 2.24) is 4.90 Å². The van der Waals surface area contributed by atoms with Gasteiger partial charge in [-0.25, -0.2) is 0 Å². The Balaban J connectivity index is 3.57. The summed E-state index contributed by atoms with van der Waals surface area (Å²) in [6, 6.07) is 0. The summed E-state index contributed by atoms with van der Waals surface area (Å²) in [7, 11) is 3.29. The van der Waals surface area contributed by atoms with E-state index < -0.39 is 6.10 Å². The maximum atomic E-state index is 10.8. The van der Waals surface area contributed by atoms with Gasteiger partial charge in [0.1, 0.15) is 0 Å². The molecule has 1 unspecified atom stereocenters. The van der Waals surface area contributed by atoms with Crippen LogP contribution in [0.3, 0.4) is 0 Å². The Morgan fingerprint density at radius 2 is 2.20 bits per heavy atom. The van der Waals surface area contributed by atoms with E-state index in [0.29, 0.717) is 0 Å². The molecule has 0 rings (SSSR count). The largest absolute Gasteiger partial charge is 0.391 e. The minimum Gasteiger partial charge on any atom is -0.391 e. The molecule has 0 aliphatic carbocycles. The first-order valence-electron chi connectivity index (χ1n) is 3.16. The third-order valence-electron chi connectivity index (χ3n) is 1.18. The second-order valence-corrected chi connectivity index (χ2v) is 2.38. The Bertz CT molecular complexity index is 114. The maximum Gasteiger partial charge on any atom is 0.224 e. The molecule has 10 heavy (non-hydrogen) atoms. The summed E-state index contributed by atoms with van der Waals surface area (Å²) in [5, 5.41) is 8.90. The lowest BCUT2D eigenvalue weighted by molar-refractivity contribution is -0.130. The van der Waals surface area contributed by atoms with Crippen LogP contribution in [0.5, 0.6) is 0 Å². The zero-order valence-corrected chi connectivity index (χ0v) is 6.37. The molecule has 0 heterocycles. The van der Waals surface area contributed by atoms with E-state index in [1.165, 1.54) is 4.90 Å². The number of rotatable bonds is 3. The van der Waals surface area contributed by atoms with Gasteiger partial charge in [0.05, 0.1) is 12.5 Å². The van der Waals surface area contributed by atoms with Crippen LogP contribution in [0.1, 0.15) is 6.42 Å². The SMILES string of the molecule is CN(C)C(=O)CC(O)CN. The van der Waals surface area contributed by atoms with Crippen LogP contribution in [0.15, 0.2) is 0 Å². The summed E-state index contributed by atoms with van der Waals surface area (Å²) in [6.07, 6.45) is -0.585. The number of carbonyl (C=O) groups excluding carboxylic acids is 1. The molecule has 0 saturated heterocycles. The third-order valence-corrected chi connectivity index (χ3v) is 1.18. The van der Waals surface area contributed by atoms with Crippen molar-refractivity contribution in [2.24, 2.45) is 5.73 Å². The Hall–Kier alpha value is -0.610. The Labute approximate surface area is 60.6 Å². The highest BCUT2D eigenvalue weighted by molar-refractivity contribution is 5.76. The highest BCUT2D eigenvalue weighted by atomic mass is 16.3. The van der Waals surface area contributed by atoms with Crippen molar-refractivity contribution in [3.05, 3.63) is 0 Å². The lowest BCUT2D eigenvalue weighted by Gasteiger charge is -2.12. The van der Waals surface area contributed by atoms with Crippen molar-refractivity contribution in [3.8, 4) is 0 Å². The summed E-state index contributed by atoms with van der Waals surface area (Å²) in [5.41, 5.74) is 5.10. The highest BCUT2D eigenvalue weighted by Gasteiger charge is 2.09. The van der Waals surface area contributed by atoms with Gasteiger partial charge >= 0.3 is 0 Å². The first-order chi connectivity index (χ1) is 4.57. The monoisotopic (exact) mass is 146 g/mol. The molecule has 1 amide bonds. The molecule has 0 radical (unpaired) electrons. The molecule has 1 atom stereocenters. The molecule has 0 aliphatic rings. The van der Waals surface area contributed by atoms with Crippen molar-refractivity contribution in [2.45, 2.75) is 12.5 Å². The zero-order chi connectivity index (χ0) is 8.15. The molecule has 0 aliphatic heterocycles. The molecule has 0 aromatic carbocycles. The van der Waals surface area contributed by atoms with Crippen molar-refractivity contribution < 1.29 is 9.90 Å². The standard InChI is InChI=1S/C6H14N2O2/c1-8(2)6(10)3-5(9)4-7/h5,9H,3-4,7H2,1-2H3. The molecule has 0 aromatic heterocycles. The fraction of sp³-hybridized carbons (Fsp3) is 0.833. The number of carbonyl (C=O) groups is 1. The Morgan fingerprint density at radius 3 is 2.50 bits per heavy atom. The molecule has 0 aromatic rings. The average Bonchev–Trinajstić information content (AvgIpc) is 1.87. The maximum absolute atomic E-state index is 10.8. The van der Waals surface area contributed by atoms with E-state index in [1.54, 1.807) is 14.1 Å². The van der Waals surface area contributed by atoms with Crippen LogP contribution in [-0.4, -0.2) is 42.7 Å². The average molecular weight is 146 g/mol. The molecular formula is C6H14N2O2. The number of nitrogens with two attached hydrogens (primary N) is 1.